The van der Waals surface area contributed by atoms with Crippen molar-refractivity contribution in [2.24, 2.45) is 0 Å². The summed E-state index contributed by atoms with van der Waals surface area (Å²) in [6.45, 7) is 5.78. The van der Waals surface area contributed by atoms with Gasteiger partial charge in [-0.3, -0.25) is 0 Å². The maximum atomic E-state index is 10.1. The number of aliphatic hydroxyl groups excluding tert-OH is 4. The van der Waals surface area contributed by atoms with E-state index in [1.54, 1.807) is 12.2 Å². The highest BCUT2D eigenvalue weighted by Gasteiger charge is 2.20. The monoisotopic (exact) mass is 394 g/mol. The zero-order chi connectivity index (χ0) is 21.0. The molecule has 4 nitrogen and oxygen atoms in total. The molecule has 0 aromatic rings. The van der Waals surface area contributed by atoms with Gasteiger partial charge in [-0.25, -0.2) is 0 Å². The predicted molar refractivity (Wildman–Crippen MR) is 118 cm³/mol. The molecule has 162 valence electrons. The Morgan fingerprint density at radius 1 is 0.607 bits per heavy atom. The maximum Gasteiger partial charge on any atom is 0.0833 e. The van der Waals surface area contributed by atoms with Gasteiger partial charge >= 0.3 is 0 Å². The molecule has 0 saturated carbocycles. The lowest BCUT2D eigenvalue weighted by Crippen LogP contribution is -2.30. The smallest absolute Gasteiger partial charge is 0.0833 e. The van der Waals surface area contributed by atoms with Gasteiger partial charge in [-0.15, -0.1) is 0 Å². The van der Waals surface area contributed by atoms with Gasteiger partial charge in [0.1, 0.15) is 0 Å². The number of rotatable bonds is 18. The fraction of sp³-hybridized carbons (Fsp3) is 0.667. The van der Waals surface area contributed by atoms with Crippen molar-refractivity contribution < 1.29 is 20.4 Å². The van der Waals surface area contributed by atoms with Crippen molar-refractivity contribution in [3.63, 3.8) is 0 Å². The van der Waals surface area contributed by atoms with Gasteiger partial charge in [-0.2, -0.15) is 0 Å². The quantitative estimate of drug-likeness (QED) is 0.202. The fourth-order valence-electron chi connectivity index (χ4n) is 2.95. The van der Waals surface area contributed by atoms with Crippen molar-refractivity contribution in [1.82, 2.24) is 0 Å². The minimum Gasteiger partial charge on any atom is -0.390 e. The van der Waals surface area contributed by atoms with Gasteiger partial charge in [0.25, 0.3) is 0 Å². The second-order valence-electron chi connectivity index (χ2n) is 7.43. The van der Waals surface area contributed by atoms with Crippen LogP contribution < -0.4 is 0 Å². The Morgan fingerprint density at radius 3 is 1.75 bits per heavy atom. The van der Waals surface area contributed by atoms with E-state index in [1.807, 2.05) is 30.4 Å². The minimum absolute atomic E-state index is 0.266. The molecule has 4 unspecified atom stereocenters. The molecule has 0 heterocycles. The summed E-state index contributed by atoms with van der Waals surface area (Å²) in [5.74, 6) is 0. The first-order chi connectivity index (χ1) is 13.5. The van der Waals surface area contributed by atoms with Gasteiger partial charge in [-0.05, 0) is 25.7 Å². The standard InChI is InChI=1S/C24H42O4/c1-3-5-7-9-11-13-15-17-21(25)23(27)19-20-24(28)22(26)18-16-14-12-10-8-6-4-2/h3,5,7,9,11,13,15,21-28H,1,4,6,8,10,12,14,16-20H2,2H3. The van der Waals surface area contributed by atoms with Crippen molar-refractivity contribution in [3.05, 3.63) is 49.1 Å². The first-order valence-corrected chi connectivity index (χ1v) is 10.9. The van der Waals surface area contributed by atoms with Gasteiger partial charge in [0.2, 0.25) is 0 Å². The minimum atomic E-state index is -0.908. The van der Waals surface area contributed by atoms with Crippen LogP contribution in [0.2, 0.25) is 0 Å². The molecular formula is C24H42O4. The van der Waals surface area contributed by atoms with E-state index in [-0.39, 0.29) is 12.8 Å². The van der Waals surface area contributed by atoms with E-state index in [0.29, 0.717) is 12.8 Å². The first kappa shape index (κ1) is 26.8. The average molecular weight is 395 g/mol. The Morgan fingerprint density at radius 2 is 1.11 bits per heavy atom. The van der Waals surface area contributed by atoms with E-state index in [4.69, 9.17) is 0 Å². The summed E-state index contributed by atoms with van der Waals surface area (Å²) in [5.41, 5.74) is 0. The van der Waals surface area contributed by atoms with E-state index in [1.165, 1.54) is 32.1 Å². The normalized spacial score (nSPS) is 16.8. The molecular weight excluding hydrogens is 352 g/mol. The molecule has 0 spiro atoms. The van der Waals surface area contributed by atoms with Gasteiger partial charge in [-0.1, -0.05) is 101 Å². The lowest BCUT2D eigenvalue weighted by Gasteiger charge is -2.21. The van der Waals surface area contributed by atoms with Gasteiger partial charge in [0.15, 0.2) is 0 Å². The number of hydrogen-bond acceptors (Lipinski definition) is 4. The number of allylic oxidation sites excluding steroid dienone is 6. The largest absolute Gasteiger partial charge is 0.390 e. The number of aliphatic hydroxyl groups is 4. The van der Waals surface area contributed by atoms with E-state index in [9.17, 15) is 20.4 Å². The van der Waals surface area contributed by atoms with Crippen molar-refractivity contribution in [3.8, 4) is 0 Å². The third-order valence-corrected chi connectivity index (χ3v) is 4.84. The molecule has 4 N–H and O–H groups in total. The van der Waals surface area contributed by atoms with Crippen LogP contribution in [0.4, 0.5) is 0 Å². The van der Waals surface area contributed by atoms with Crippen LogP contribution in [-0.2, 0) is 0 Å². The molecule has 0 aliphatic carbocycles. The molecule has 0 bridgehead atoms. The molecule has 0 fully saturated rings. The average Bonchev–Trinajstić information content (AvgIpc) is 2.69. The molecule has 4 atom stereocenters. The highest BCUT2D eigenvalue weighted by molar-refractivity contribution is 5.14. The molecule has 0 aromatic heterocycles. The molecule has 0 saturated heterocycles. The van der Waals surface area contributed by atoms with Crippen molar-refractivity contribution in [2.45, 2.75) is 102 Å². The molecule has 0 aromatic carbocycles. The van der Waals surface area contributed by atoms with Crippen molar-refractivity contribution >= 4 is 0 Å². The lowest BCUT2D eigenvalue weighted by molar-refractivity contribution is -0.0202. The molecule has 0 aliphatic rings. The first-order valence-electron chi connectivity index (χ1n) is 10.9. The third-order valence-electron chi connectivity index (χ3n) is 4.84. The summed E-state index contributed by atoms with van der Waals surface area (Å²) in [7, 11) is 0. The van der Waals surface area contributed by atoms with Crippen LogP contribution >= 0.6 is 0 Å². The molecule has 4 heteroatoms. The SMILES string of the molecule is C=CC=CC=CC=CCC(O)C(O)CCC(O)C(O)CCCCCCCCC. The Hall–Kier alpha value is -1.20. The molecule has 0 rings (SSSR count). The maximum absolute atomic E-state index is 10.1. The van der Waals surface area contributed by atoms with Crippen molar-refractivity contribution in [1.29, 1.82) is 0 Å². The summed E-state index contributed by atoms with van der Waals surface area (Å²) in [6.07, 6.45) is 19.0. The van der Waals surface area contributed by atoms with Crippen LogP contribution in [0.5, 0.6) is 0 Å². The fourth-order valence-corrected chi connectivity index (χ4v) is 2.95. The predicted octanol–water partition coefficient (Wildman–Crippen LogP) is 4.60. The second-order valence-corrected chi connectivity index (χ2v) is 7.43. The van der Waals surface area contributed by atoms with Gasteiger partial charge in [0.05, 0.1) is 24.4 Å². The summed E-state index contributed by atoms with van der Waals surface area (Å²) in [6, 6.07) is 0. The van der Waals surface area contributed by atoms with E-state index < -0.39 is 24.4 Å². The van der Waals surface area contributed by atoms with Crippen LogP contribution in [0.3, 0.4) is 0 Å². The van der Waals surface area contributed by atoms with Crippen molar-refractivity contribution in [2.75, 3.05) is 0 Å². The Balaban J connectivity index is 3.87. The lowest BCUT2D eigenvalue weighted by atomic mass is 9.98. The summed E-state index contributed by atoms with van der Waals surface area (Å²) in [5, 5.41) is 40.1. The van der Waals surface area contributed by atoms with Crippen LogP contribution in [0, 0.1) is 0 Å². The summed E-state index contributed by atoms with van der Waals surface area (Å²) >= 11 is 0. The Bertz CT molecular complexity index is 442. The number of hydrogen-bond donors (Lipinski definition) is 4. The highest BCUT2D eigenvalue weighted by atomic mass is 16.3. The number of unbranched alkanes of at least 4 members (excludes halogenated alkanes) is 6. The van der Waals surface area contributed by atoms with E-state index in [2.05, 4.69) is 13.5 Å². The Labute approximate surface area is 172 Å². The topological polar surface area (TPSA) is 80.9 Å². The summed E-state index contributed by atoms with van der Waals surface area (Å²) in [4.78, 5) is 0. The molecule has 0 amide bonds. The van der Waals surface area contributed by atoms with Gasteiger partial charge < -0.3 is 20.4 Å². The third kappa shape index (κ3) is 15.8. The zero-order valence-corrected chi connectivity index (χ0v) is 17.6. The van der Waals surface area contributed by atoms with Crippen LogP contribution in [0.15, 0.2) is 49.1 Å². The van der Waals surface area contributed by atoms with E-state index >= 15 is 0 Å². The van der Waals surface area contributed by atoms with Crippen LogP contribution in [0.1, 0.15) is 77.6 Å². The zero-order valence-electron chi connectivity index (χ0n) is 17.6. The molecule has 0 aliphatic heterocycles. The van der Waals surface area contributed by atoms with E-state index in [0.717, 1.165) is 12.8 Å². The molecule has 28 heavy (non-hydrogen) atoms. The van der Waals surface area contributed by atoms with Crippen LogP contribution in [0.25, 0.3) is 0 Å². The Kier molecular flexibility index (Phi) is 18.3. The summed E-state index contributed by atoms with van der Waals surface area (Å²) < 4.78 is 0. The van der Waals surface area contributed by atoms with Crippen LogP contribution in [-0.4, -0.2) is 44.8 Å². The second kappa shape index (κ2) is 19.1. The highest BCUT2D eigenvalue weighted by Crippen LogP contribution is 2.15. The molecule has 0 radical (unpaired) electrons. The van der Waals surface area contributed by atoms with Gasteiger partial charge in [0, 0.05) is 0 Å².